The normalized spacial score (nSPS) is 10.3. The van der Waals surface area contributed by atoms with E-state index in [9.17, 15) is 19.8 Å². The summed E-state index contributed by atoms with van der Waals surface area (Å²) in [6.45, 7) is 0. The quantitative estimate of drug-likeness (QED) is 0.668. The first-order valence-electron chi connectivity index (χ1n) is 5.66. The van der Waals surface area contributed by atoms with E-state index < -0.39 is 34.8 Å². The summed E-state index contributed by atoms with van der Waals surface area (Å²) in [6, 6.07) is 6.02. The number of aromatic hydroxyl groups is 2. The molecule has 0 bridgehead atoms. The summed E-state index contributed by atoms with van der Waals surface area (Å²) in [7, 11) is 1.32. The molecule has 8 heteroatoms. The zero-order chi connectivity index (χ0) is 15.7. The Hall–Kier alpha value is -3.16. The smallest absolute Gasteiger partial charge is 0.356 e. The predicted octanol–water partition coefficient (Wildman–Crippen LogP) is 1.29. The van der Waals surface area contributed by atoms with Crippen LogP contribution in [0.5, 0.6) is 17.2 Å². The Morgan fingerprint density at radius 3 is 1.90 bits per heavy atom. The Balaban J connectivity index is 2.93. The highest BCUT2D eigenvalue weighted by atomic mass is 16.5. The zero-order valence-electron chi connectivity index (χ0n) is 10.8. The van der Waals surface area contributed by atoms with Crippen LogP contribution >= 0.6 is 0 Å². The van der Waals surface area contributed by atoms with E-state index in [1.807, 2.05) is 0 Å². The lowest BCUT2D eigenvalue weighted by Gasteiger charge is -2.12. The molecule has 1 aromatic heterocycles. The van der Waals surface area contributed by atoms with Gasteiger partial charge in [0.25, 0.3) is 0 Å². The van der Waals surface area contributed by atoms with Gasteiger partial charge in [-0.25, -0.2) is 9.59 Å². The SMILES string of the molecule is COc1ccccc1-n1c(C(=O)O)c(O)c(O)c1C(=O)O. The maximum absolute atomic E-state index is 11.3. The maximum Gasteiger partial charge on any atom is 0.356 e. The molecular formula is C13H11NO7. The number of hydrogen-bond acceptors (Lipinski definition) is 5. The van der Waals surface area contributed by atoms with Crippen molar-refractivity contribution in [3.8, 4) is 22.9 Å². The topological polar surface area (TPSA) is 129 Å². The molecule has 21 heavy (non-hydrogen) atoms. The molecule has 2 rings (SSSR count). The van der Waals surface area contributed by atoms with Crippen LogP contribution in [0, 0.1) is 0 Å². The lowest BCUT2D eigenvalue weighted by molar-refractivity contribution is 0.0681. The van der Waals surface area contributed by atoms with Crippen LogP contribution in [0.2, 0.25) is 0 Å². The molecule has 4 N–H and O–H groups in total. The second-order valence-corrected chi connectivity index (χ2v) is 4.01. The minimum absolute atomic E-state index is 0.0606. The Labute approximate surface area is 118 Å². The molecule has 0 aliphatic heterocycles. The maximum atomic E-state index is 11.3. The van der Waals surface area contributed by atoms with Crippen molar-refractivity contribution in [1.29, 1.82) is 0 Å². The summed E-state index contributed by atoms with van der Waals surface area (Å²) in [6.07, 6.45) is 0. The van der Waals surface area contributed by atoms with Gasteiger partial charge in [0.1, 0.15) is 5.75 Å². The van der Waals surface area contributed by atoms with E-state index in [0.717, 1.165) is 0 Å². The van der Waals surface area contributed by atoms with E-state index >= 15 is 0 Å². The monoisotopic (exact) mass is 293 g/mol. The average Bonchev–Trinajstić information content (AvgIpc) is 2.71. The molecule has 0 saturated carbocycles. The molecule has 0 spiro atoms. The Kier molecular flexibility index (Phi) is 3.45. The minimum atomic E-state index is -1.60. The highest BCUT2D eigenvalue weighted by Gasteiger charge is 2.32. The van der Waals surface area contributed by atoms with Gasteiger partial charge in [-0.15, -0.1) is 0 Å². The fourth-order valence-corrected chi connectivity index (χ4v) is 2.00. The first-order chi connectivity index (χ1) is 9.90. The summed E-state index contributed by atoms with van der Waals surface area (Å²) in [4.78, 5) is 22.6. The first-order valence-corrected chi connectivity index (χ1v) is 5.66. The number of carbonyl (C=O) groups is 2. The number of rotatable bonds is 4. The molecule has 2 aromatic rings. The van der Waals surface area contributed by atoms with E-state index in [4.69, 9.17) is 14.9 Å². The van der Waals surface area contributed by atoms with Gasteiger partial charge in [-0.2, -0.15) is 0 Å². The van der Waals surface area contributed by atoms with Crippen molar-refractivity contribution < 1.29 is 34.8 Å². The molecule has 1 aromatic carbocycles. The average molecular weight is 293 g/mol. The van der Waals surface area contributed by atoms with Crippen LogP contribution in [-0.2, 0) is 0 Å². The largest absolute Gasteiger partial charge is 0.503 e. The molecule has 0 fully saturated rings. The third-order valence-corrected chi connectivity index (χ3v) is 2.85. The van der Waals surface area contributed by atoms with Gasteiger partial charge < -0.3 is 25.2 Å². The Morgan fingerprint density at radius 2 is 1.48 bits per heavy atom. The van der Waals surface area contributed by atoms with E-state index in [2.05, 4.69) is 0 Å². The van der Waals surface area contributed by atoms with E-state index in [-0.39, 0.29) is 11.4 Å². The third kappa shape index (κ3) is 2.12. The number of para-hydroxylation sites is 2. The van der Waals surface area contributed by atoms with Gasteiger partial charge in [-0.05, 0) is 12.1 Å². The lowest BCUT2D eigenvalue weighted by atomic mass is 10.2. The molecule has 0 unspecified atom stereocenters. The molecular weight excluding hydrogens is 282 g/mol. The number of aromatic carboxylic acids is 2. The third-order valence-electron chi connectivity index (χ3n) is 2.85. The number of nitrogens with zero attached hydrogens (tertiary/aromatic N) is 1. The second-order valence-electron chi connectivity index (χ2n) is 4.01. The van der Waals surface area contributed by atoms with Gasteiger partial charge >= 0.3 is 11.9 Å². The van der Waals surface area contributed by atoms with Gasteiger partial charge in [0.05, 0.1) is 12.8 Å². The molecule has 0 aliphatic carbocycles. The van der Waals surface area contributed by atoms with Crippen LogP contribution in [0.3, 0.4) is 0 Å². The van der Waals surface area contributed by atoms with Crippen molar-refractivity contribution in [3.05, 3.63) is 35.7 Å². The summed E-state index contributed by atoms with van der Waals surface area (Å²) >= 11 is 0. The van der Waals surface area contributed by atoms with Crippen LogP contribution < -0.4 is 4.74 Å². The summed E-state index contributed by atoms with van der Waals surface area (Å²) in [5.41, 5.74) is -1.48. The number of ether oxygens (including phenoxy) is 1. The number of hydrogen-bond donors (Lipinski definition) is 4. The molecule has 1 heterocycles. The van der Waals surface area contributed by atoms with Crippen molar-refractivity contribution in [3.63, 3.8) is 0 Å². The molecule has 110 valence electrons. The van der Waals surface area contributed by atoms with E-state index in [0.29, 0.717) is 4.57 Å². The first kappa shape index (κ1) is 14.3. The number of benzene rings is 1. The predicted molar refractivity (Wildman–Crippen MR) is 69.6 cm³/mol. The van der Waals surface area contributed by atoms with E-state index in [1.165, 1.54) is 25.3 Å². The van der Waals surface area contributed by atoms with Crippen molar-refractivity contribution in [1.82, 2.24) is 4.57 Å². The van der Waals surface area contributed by atoms with Crippen LogP contribution in [0.25, 0.3) is 5.69 Å². The molecule has 0 saturated heterocycles. The molecule has 0 aliphatic rings. The van der Waals surface area contributed by atoms with Crippen LogP contribution in [-0.4, -0.2) is 44.0 Å². The van der Waals surface area contributed by atoms with Crippen LogP contribution in [0.4, 0.5) is 0 Å². The number of aromatic nitrogens is 1. The number of carboxylic acids is 2. The van der Waals surface area contributed by atoms with Gasteiger partial charge in [0.15, 0.2) is 22.9 Å². The van der Waals surface area contributed by atoms with Crippen molar-refractivity contribution in [2.45, 2.75) is 0 Å². The van der Waals surface area contributed by atoms with Gasteiger partial charge in [0.2, 0.25) is 0 Å². The van der Waals surface area contributed by atoms with Gasteiger partial charge in [-0.1, -0.05) is 12.1 Å². The summed E-state index contributed by atoms with van der Waals surface area (Å²) in [5, 5.41) is 37.7. The van der Waals surface area contributed by atoms with Crippen molar-refractivity contribution in [2.75, 3.05) is 7.11 Å². The van der Waals surface area contributed by atoms with Crippen LogP contribution in [0.15, 0.2) is 24.3 Å². The standard InChI is InChI=1S/C13H11NO7/c1-21-7-5-3-2-4-6(7)14-8(12(17)18)10(15)11(16)9(14)13(19)20/h2-5,15-16H,1H3,(H,17,18)(H,19,20). The minimum Gasteiger partial charge on any atom is -0.503 e. The summed E-state index contributed by atoms with van der Waals surface area (Å²) < 4.78 is 5.76. The highest BCUT2D eigenvalue weighted by molar-refractivity contribution is 5.99. The van der Waals surface area contributed by atoms with E-state index in [1.54, 1.807) is 6.07 Å². The molecule has 0 radical (unpaired) electrons. The Bertz CT molecular complexity index is 695. The lowest BCUT2D eigenvalue weighted by Crippen LogP contribution is -2.13. The zero-order valence-corrected chi connectivity index (χ0v) is 10.8. The van der Waals surface area contributed by atoms with Crippen LogP contribution in [0.1, 0.15) is 21.0 Å². The highest BCUT2D eigenvalue weighted by Crippen LogP contribution is 2.40. The molecule has 0 amide bonds. The second kappa shape index (κ2) is 5.08. The molecule has 8 nitrogen and oxygen atoms in total. The fraction of sp³-hybridized carbons (Fsp3) is 0.0769. The Morgan fingerprint density at radius 1 is 1.00 bits per heavy atom. The number of carboxylic acid groups (broad SMARTS) is 2. The van der Waals surface area contributed by atoms with Gasteiger partial charge in [0, 0.05) is 0 Å². The molecule has 0 atom stereocenters. The fourth-order valence-electron chi connectivity index (χ4n) is 2.00. The van der Waals surface area contributed by atoms with Crippen molar-refractivity contribution >= 4 is 11.9 Å². The van der Waals surface area contributed by atoms with Crippen molar-refractivity contribution in [2.24, 2.45) is 0 Å². The number of methoxy groups -OCH3 is 1. The summed E-state index contributed by atoms with van der Waals surface area (Å²) in [5.74, 6) is -5.06. The van der Waals surface area contributed by atoms with Gasteiger partial charge in [-0.3, -0.25) is 4.57 Å².